The van der Waals surface area contributed by atoms with Gasteiger partial charge in [-0.15, -0.1) is 0 Å². The summed E-state index contributed by atoms with van der Waals surface area (Å²) in [7, 11) is 1.31. The van der Waals surface area contributed by atoms with E-state index < -0.39 is 11.4 Å². The zero-order valence-electron chi connectivity index (χ0n) is 7.54. The van der Waals surface area contributed by atoms with Gasteiger partial charge in [-0.1, -0.05) is 11.6 Å². The van der Waals surface area contributed by atoms with Crippen LogP contribution < -0.4 is 10.3 Å². The highest BCUT2D eigenvalue weighted by atomic mass is 35.5. The highest BCUT2D eigenvalue weighted by Crippen LogP contribution is 2.25. The van der Waals surface area contributed by atoms with Gasteiger partial charge in [0.2, 0.25) is 5.88 Å². The number of fused-ring (bicyclic) bond motifs is 1. The first kappa shape index (κ1) is 9.85. The Morgan fingerprint density at radius 1 is 1.60 bits per heavy atom. The van der Waals surface area contributed by atoms with E-state index in [1.54, 1.807) is 0 Å². The Balaban J connectivity index is 3.03. The topological polar surface area (TPSA) is 67.9 Å². The van der Waals surface area contributed by atoms with Crippen LogP contribution in [0, 0.1) is 5.82 Å². The molecule has 15 heavy (non-hydrogen) atoms. The maximum Gasteiger partial charge on any atom is 0.264 e. The highest BCUT2D eigenvalue weighted by Gasteiger charge is 2.16. The first-order chi connectivity index (χ1) is 7.15. The van der Waals surface area contributed by atoms with Gasteiger partial charge in [-0.3, -0.25) is 4.79 Å². The monoisotopic (exact) mass is 229 g/mol. The van der Waals surface area contributed by atoms with E-state index >= 15 is 0 Å². The normalized spacial score (nSPS) is 10.6. The zero-order chi connectivity index (χ0) is 11.0. The maximum atomic E-state index is 13.4. The number of hydrogen-bond donors (Lipinski definition) is 1. The molecule has 0 aliphatic heterocycles. The second-order valence-corrected chi connectivity index (χ2v) is 3.04. The molecule has 0 atom stereocenters. The molecule has 0 amide bonds. The smallest absolute Gasteiger partial charge is 0.264 e. The molecule has 1 N–H and O–H groups in total. The number of aromatic nitrogens is 3. The zero-order valence-corrected chi connectivity index (χ0v) is 8.30. The maximum absolute atomic E-state index is 13.4. The number of rotatable bonds is 1. The van der Waals surface area contributed by atoms with Crippen LogP contribution in [0.2, 0.25) is 5.15 Å². The fourth-order valence-corrected chi connectivity index (χ4v) is 1.37. The Kier molecular flexibility index (Phi) is 2.28. The average molecular weight is 230 g/mol. The van der Waals surface area contributed by atoms with Crippen LogP contribution in [0.4, 0.5) is 4.39 Å². The minimum atomic E-state index is -0.835. The van der Waals surface area contributed by atoms with Crippen LogP contribution in [0.25, 0.3) is 10.9 Å². The second kappa shape index (κ2) is 3.47. The quantitative estimate of drug-likeness (QED) is 0.744. The average Bonchev–Trinajstić information content (AvgIpc) is 2.23. The van der Waals surface area contributed by atoms with Crippen molar-refractivity contribution in [1.82, 2.24) is 15.0 Å². The van der Waals surface area contributed by atoms with Gasteiger partial charge in [-0.25, -0.2) is 9.37 Å². The third-order valence-corrected chi connectivity index (χ3v) is 2.10. The van der Waals surface area contributed by atoms with Crippen LogP contribution in [-0.2, 0) is 0 Å². The van der Waals surface area contributed by atoms with E-state index in [4.69, 9.17) is 16.3 Å². The van der Waals surface area contributed by atoms with Gasteiger partial charge in [-0.2, -0.15) is 4.98 Å². The number of nitrogens with zero attached hydrogens (tertiary/aromatic N) is 2. The largest absolute Gasteiger partial charge is 0.480 e. The molecule has 0 aliphatic carbocycles. The summed E-state index contributed by atoms with van der Waals surface area (Å²) >= 11 is 5.51. The van der Waals surface area contributed by atoms with E-state index in [0.29, 0.717) is 0 Å². The lowest BCUT2D eigenvalue weighted by atomic mass is 10.3. The standard InChI is InChI=1S/C8H5ClFN3O2/c1-15-8-3-5(4(10)6(9)13-8)11-2-12-7(3)14/h2H,1H3,(H,11,12,14). The predicted octanol–water partition coefficient (Wildman–Crippen LogP) is 1.12. The third kappa shape index (κ3) is 1.42. The van der Waals surface area contributed by atoms with Crippen molar-refractivity contribution in [2.75, 3.05) is 7.11 Å². The summed E-state index contributed by atoms with van der Waals surface area (Å²) in [6.07, 6.45) is 1.09. The minimum Gasteiger partial charge on any atom is -0.480 e. The molecule has 0 bridgehead atoms. The lowest BCUT2D eigenvalue weighted by Crippen LogP contribution is -2.10. The van der Waals surface area contributed by atoms with Crippen LogP contribution in [-0.4, -0.2) is 22.1 Å². The van der Waals surface area contributed by atoms with E-state index in [1.165, 1.54) is 7.11 Å². The molecular formula is C8H5ClFN3O2. The van der Waals surface area contributed by atoms with Crippen LogP contribution in [0.5, 0.6) is 5.88 Å². The molecule has 0 saturated heterocycles. The minimum absolute atomic E-state index is 0.0502. The molecule has 2 aromatic heterocycles. The number of pyridine rings is 1. The molecule has 0 aliphatic rings. The van der Waals surface area contributed by atoms with Gasteiger partial charge in [0.1, 0.15) is 10.9 Å². The van der Waals surface area contributed by atoms with E-state index in [9.17, 15) is 9.18 Å². The van der Waals surface area contributed by atoms with Gasteiger partial charge >= 0.3 is 0 Å². The Hall–Kier alpha value is -1.69. The van der Waals surface area contributed by atoms with Crippen molar-refractivity contribution in [3.8, 4) is 5.88 Å². The van der Waals surface area contributed by atoms with Crippen molar-refractivity contribution in [2.24, 2.45) is 0 Å². The highest BCUT2D eigenvalue weighted by molar-refractivity contribution is 6.30. The molecule has 2 rings (SSSR count). The number of hydrogen-bond acceptors (Lipinski definition) is 4. The SMILES string of the molecule is COc1nc(Cl)c(F)c2nc[nH]c(=O)c12. The van der Waals surface area contributed by atoms with Crippen LogP contribution in [0.1, 0.15) is 0 Å². The molecule has 0 fully saturated rings. The van der Waals surface area contributed by atoms with Crippen molar-refractivity contribution < 1.29 is 9.13 Å². The molecule has 0 aromatic carbocycles. The number of ether oxygens (including phenoxy) is 1. The lowest BCUT2D eigenvalue weighted by Gasteiger charge is -2.04. The fraction of sp³-hybridized carbons (Fsp3) is 0.125. The first-order valence-corrected chi connectivity index (χ1v) is 4.29. The molecule has 0 saturated carbocycles. The molecular weight excluding hydrogens is 225 g/mol. The fourth-order valence-electron chi connectivity index (χ4n) is 1.20. The number of methoxy groups -OCH3 is 1. The van der Waals surface area contributed by atoms with E-state index in [-0.39, 0.29) is 21.9 Å². The van der Waals surface area contributed by atoms with Gasteiger partial charge in [0.05, 0.1) is 13.4 Å². The van der Waals surface area contributed by atoms with Crippen molar-refractivity contribution in [3.05, 3.63) is 27.7 Å². The Bertz CT molecular complexity index is 584. The van der Waals surface area contributed by atoms with Gasteiger partial charge in [0.15, 0.2) is 11.0 Å². The van der Waals surface area contributed by atoms with Crippen LogP contribution in [0.3, 0.4) is 0 Å². The summed E-state index contributed by atoms with van der Waals surface area (Å²) in [5.74, 6) is -0.885. The summed E-state index contributed by atoms with van der Waals surface area (Å²) < 4.78 is 18.3. The van der Waals surface area contributed by atoms with E-state index in [0.717, 1.165) is 6.33 Å². The summed E-state index contributed by atoms with van der Waals surface area (Å²) in [5, 5.41) is -0.431. The van der Waals surface area contributed by atoms with Gasteiger partial charge in [0, 0.05) is 0 Å². The Morgan fingerprint density at radius 3 is 3.00 bits per heavy atom. The van der Waals surface area contributed by atoms with Crippen molar-refractivity contribution in [2.45, 2.75) is 0 Å². The Morgan fingerprint density at radius 2 is 2.33 bits per heavy atom. The summed E-state index contributed by atoms with van der Waals surface area (Å²) in [4.78, 5) is 21.0. The van der Waals surface area contributed by atoms with Crippen molar-refractivity contribution in [1.29, 1.82) is 0 Å². The van der Waals surface area contributed by atoms with Crippen LogP contribution >= 0.6 is 11.6 Å². The van der Waals surface area contributed by atoms with Gasteiger partial charge in [-0.05, 0) is 0 Å². The number of H-pyrrole nitrogens is 1. The lowest BCUT2D eigenvalue weighted by molar-refractivity contribution is 0.401. The molecule has 2 heterocycles. The molecule has 0 radical (unpaired) electrons. The number of aromatic amines is 1. The number of halogens is 2. The number of nitrogens with one attached hydrogen (secondary N) is 1. The van der Waals surface area contributed by atoms with Gasteiger partial charge < -0.3 is 9.72 Å². The van der Waals surface area contributed by atoms with E-state index in [2.05, 4.69) is 15.0 Å². The molecule has 5 nitrogen and oxygen atoms in total. The summed E-state index contributed by atoms with van der Waals surface area (Å²) in [6.45, 7) is 0. The van der Waals surface area contributed by atoms with E-state index in [1.807, 2.05) is 0 Å². The molecule has 0 unspecified atom stereocenters. The first-order valence-electron chi connectivity index (χ1n) is 3.91. The molecule has 2 aromatic rings. The molecule has 7 heteroatoms. The Labute approximate surface area is 87.9 Å². The van der Waals surface area contributed by atoms with Crippen molar-refractivity contribution >= 4 is 22.5 Å². The molecule has 0 spiro atoms. The summed E-state index contributed by atoms with van der Waals surface area (Å²) in [5.41, 5.74) is -0.685. The summed E-state index contributed by atoms with van der Waals surface area (Å²) in [6, 6.07) is 0. The second-order valence-electron chi connectivity index (χ2n) is 2.68. The molecule has 78 valence electrons. The predicted molar refractivity (Wildman–Crippen MR) is 51.7 cm³/mol. The third-order valence-electron chi connectivity index (χ3n) is 1.85. The van der Waals surface area contributed by atoms with Crippen molar-refractivity contribution in [3.63, 3.8) is 0 Å². The van der Waals surface area contributed by atoms with Gasteiger partial charge in [0.25, 0.3) is 5.56 Å². The van der Waals surface area contributed by atoms with Crippen LogP contribution in [0.15, 0.2) is 11.1 Å².